The van der Waals surface area contributed by atoms with Gasteiger partial charge in [0.05, 0.1) is 0 Å². The van der Waals surface area contributed by atoms with Gasteiger partial charge in [0.1, 0.15) is 23.0 Å². The number of hydrogen-bond donors (Lipinski definition) is 8. The van der Waals surface area contributed by atoms with Gasteiger partial charge >= 0.3 is 7.12 Å². The number of rotatable bonds is 9. The van der Waals surface area contributed by atoms with Gasteiger partial charge in [-0.15, -0.1) is 0 Å². The zero-order valence-corrected chi connectivity index (χ0v) is 49.5. The molecule has 0 fully saturated rings. The van der Waals surface area contributed by atoms with Crippen molar-refractivity contribution in [3.63, 3.8) is 0 Å². The van der Waals surface area contributed by atoms with Gasteiger partial charge in [-0.25, -0.2) is 0 Å². The predicted octanol–water partition coefficient (Wildman–Crippen LogP) is 18.1. The molecule has 8 aromatic rings. The van der Waals surface area contributed by atoms with E-state index in [-0.39, 0.29) is 34.2 Å². The molecule has 10 N–H and O–H groups in total. The SMILES string of the molecule is CC.CC.CC.CC.CC.CC.CC.CC.Cc1ccc(O)c(Oc2ccccc2)c1.Nc1ccc(O)c(Oc2ccccc2)c1.Nc1ccc(O)c(Oc2ccccc2)c1.OB(O)c1ccc(O)c(Oc2ccccc2)c1. The van der Waals surface area contributed by atoms with Gasteiger partial charge in [0.25, 0.3) is 0 Å². The molecule has 8 rings (SSSR count). The van der Waals surface area contributed by atoms with Crippen LogP contribution in [0.25, 0.3) is 0 Å². The summed E-state index contributed by atoms with van der Waals surface area (Å²) < 4.78 is 21.9. The minimum Gasteiger partial charge on any atom is -0.504 e. The standard InChI is InChI=1S/C13H12O2.C12H11BO4.2C12H11NO2.8C2H6/c1-10-7-8-12(14)13(9-10)15-11-5-3-2-4-6-11;14-11-7-6-9(13(15)16)8-12(11)17-10-4-2-1-3-5-10;2*13-9-6-7-11(14)12(8-9)15-10-4-2-1-3-5-10;8*1-2/h2-9,14H,1H3;1-8,14-16H;2*1-8,14H,13H2;8*1-2H3. The quantitative estimate of drug-likeness (QED) is 0.0386. The largest absolute Gasteiger partial charge is 0.504 e. The Hall–Kier alpha value is -8.26. The van der Waals surface area contributed by atoms with Crippen LogP contribution in [-0.2, 0) is 0 Å². The van der Waals surface area contributed by atoms with Crippen LogP contribution >= 0.6 is 0 Å². The van der Waals surface area contributed by atoms with Crippen LogP contribution in [0.2, 0.25) is 0 Å². The van der Waals surface area contributed by atoms with E-state index in [9.17, 15) is 20.4 Å². The first kappa shape index (κ1) is 76.3. The molecule has 0 saturated heterocycles. The van der Waals surface area contributed by atoms with Crippen molar-refractivity contribution in [2.45, 2.75) is 118 Å². The number of ether oxygens (including phenoxy) is 4. The Morgan fingerprint density at radius 1 is 0.295 bits per heavy atom. The maximum absolute atomic E-state index is 9.59. The number of nitrogen functional groups attached to an aromatic ring is 2. The summed E-state index contributed by atoms with van der Waals surface area (Å²) in [4.78, 5) is 0. The molecular weight excluding hydrogens is 980 g/mol. The maximum Gasteiger partial charge on any atom is 0.488 e. The van der Waals surface area contributed by atoms with Gasteiger partial charge in [-0.1, -0.05) is 196 Å². The Kier molecular flexibility index (Phi) is 49.7. The van der Waals surface area contributed by atoms with Crippen LogP contribution in [0, 0.1) is 6.92 Å². The number of phenols is 4. The molecule has 0 spiro atoms. The number of anilines is 2. The van der Waals surface area contributed by atoms with Crippen molar-refractivity contribution in [1.29, 1.82) is 0 Å². The molecule has 0 aromatic heterocycles. The smallest absolute Gasteiger partial charge is 0.488 e. The van der Waals surface area contributed by atoms with E-state index in [2.05, 4.69) is 0 Å². The summed E-state index contributed by atoms with van der Waals surface area (Å²) in [6.45, 7) is 34.0. The van der Waals surface area contributed by atoms with E-state index in [4.69, 9.17) is 40.5 Å². The number of benzene rings is 8. The van der Waals surface area contributed by atoms with Crippen LogP contribution in [0.5, 0.6) is 69.0 Å². The zero-order valence-electron chi connectivity index (χ0n) is 49.5. The van der Waals surface area contributed by atoms with E-state index in [1.807, 2.05) is 227 Å². The molecule has 0 heterocycles. The highest BCUT2D eigenvalue weighted by atomic mass is 16.5. The van der Waals surface area contributed by atoms with Crippen LogP contribution < -0.4 is 35.9 Å². The lowest BCUT2D eigenvalue weighted by molar-refractivity contribution is 0.409. The van der Waals surface area contributed by atoms with Crippen LogP contribution in [0.4, 0.5) is 11.4 Å². The number of phenolic OH excluding ortho intramolecular Hbond substituents is 4. The first-order valence-electron chi connectivity index (χ1n) is 27.0. The summed E-state index contributed by atoms with van der Waals surface area (Å²) in [6, 6.07) is 55.6. The molecule has 78 heavy (non-hydrogen) atoms. The van der Waals surface area contributed by atoms with E-state index in [1.54, 1.807) is 54.6 Å². The molecule has 0 saturated carbocycles. The number of aromatic hydroxyl groups is 4. The molecule has 0 atom stereocenters. The Morgan fingerprint density at radius 3 is 0.795 bits per heavy atom. The van der Waals surface area contributed by atoms with E-state index in [0.717, 1.165) is 11.3 Å². The van der Waals surface area contributed by atoms with Crippen LogP contribution in [0.3, 0.4) is 0 Å². The molecule has 8 aromatic carbocycles. The van der Waals surface area contributed by atoms with Crippen molar-refractivity contribution < 1.29 is 49.4 Å². The van der Waals surface area contributed by atoms with Crippen LogP contribution in [-0.4, -0.2) is 37.6 Å². The molecule has 0 unspecified atom stereocenters. The molecule has 0 aliphatic carbocycles. The topological polar surface area (TPSA) is 210 Å². The molecule has 12 nitrogen and oxygen atoms in total. The third kappa shape index (κ3) is 32.9. The van der Waals surface area contributed by atoms with E-state index in [0.29, 0.717) is 45.9 Å². The monoisotopic (exact) mass is 1070 g/mol. The highest BCUT2D eigenvalue weighted by molar-refractivity contribution is 6.58. The van der Waals surface area contributed by atoms with Crippen molar-refractivity contribution in [3.05, 3.63) is 200 Å². The number of nitrogens with two attached hydrogens (primary N) is 2. The highest BCUT2D eigenvalue weighted by Gasteiger charge is 2.14. The summed E-state index contributed by atoms with van der Waals surface area (Å²) in [7, 11) is -1.59. The third-order valence-corrected chi connectivity index (χ3v) is 8.25. The predicted molar refractivity (Wildman–Crippen MR) is 333 cm³/mol. The highest BCUT2D eigenvalue weighted by Crippen LogP contribution is 2.34. The molecule has 0 aliphatic heterocycles. The minimum atomic E-state index is -1.59. The summed E-state index contributed by atoms with van der Waals surface area (Å²) in [5.41, 5.74) is 13.6. The molecule has 13 heteroatoms. The van der Waals surface area contributed by atoms with Gasteiger partial charge in [-0.05, 0) is 115 Å². The fourth-order valence-electron chi connectivity index (χ4n) is 5.16. The summed E-state index contributed by atoms with van der Waals surface area (Å²) in [6.07, 6.45) is 0. The molecule has 0 aliphatic rings. The average molecular weight is 1070 g/mol. The molecule has 0 radical (unpaired) electrons. The van der Waals surface area contributed by atoms with Gasteiger partial charge in [-0.3, -0.25) is 0 Å². The van der Waals surface area contributed by atoms with Crippen molar-refractivity contribution in [1.82, 2.24) is 0 Å². The van der Waals surface area contributed by atoms with E-state index in [1.165, 1.54) is 30.3 Å². The van der Waals surface area contributed by atoms with Crippen molar-refractivity contribution >= 4 is 24.0 Å². The second-order valence-electron chi connectivity index (χ2n) is 13.2. The lowest BCUT2D eigenvalue weighted by Gasteiger charge is -2.09. The van der Waals surface area contributed by atoms with Gasteiger partial charge in [-0.2, -0.15) is 0 Å². The van der Waals surface area contributed by atoms with Crippen molar-refractivity contribution in [2.24, 2.45) is 0 Å². The fourth-order valence-corrected chi connectivity index (χ4v) is 5.16. The maximum atomic E-state index is 9.59. The summed E-state index contributed by atoms with van der Waals surface area (Å²) in [5.74, 6) is 4.26. The molecular formula is C65H93BN2O10. The van der Waals surface area contributed by atoms with Crippen molar-refractivity contribution in [3.8, 4) is 69.0 Å². The number of aryl methyl sites for hydroxylation is 1. The Bertz CT molecular complexity index is 2380. The fraction of sp³-hybridized carbons (Fsp3) is 0.262. The number of hydrogen-bond acceptors (Lipinski definition) is 12. The third-order valence-electron chi connectivity index (χ3n) is 8.25. The molecule has 0 bridgehead atoms. The van der Waals surface area contributed by atoms with Gasteiger partial charge in [0.2, 0.25) is 0 Å². The Labute approximate surface area is 469 Å². The van der Waals surface area contributed by atoms with E-state index >= 15 is 0 Å². The van der Waals surface area contributed by atoms with Gasteiger partial charge in [0.15, 0.2) is 46.0 Å². The first-order valence-corrected chi connectivity index (χ1v) is 27.0. The Balaban J connectivity index is -0.000000430. The molecule has 0 amide bonds. The average Bonchev–Trinajstić information content (AvgIpc) is 3.50. The summed E-state index contributed by atoms with van der Waals surface area (Å²) in [5, 5.41) is 56.2. The van der Waals surface area contributed by atoms with E-state index < -0.39 is 7.12 Å². The van der Waals surface area contributed by atoms with Crippen LogP contribution in [0.1, 0.15) is 116 Å². The first-order chi connectivity index (χ1) is 37.9. The Morgan fingerprint density at radius 2 is 0.526 bits per heavy atom. The van der Waals surface area contributed by atoms with Crippen molar-refractivity contribution in [2.75, 3.05) is 11.5 Å². The summed E-state index contributed by atoms with van der Waals surface area (Å²) >= 11 is 0. The zero-order chi connectivity index (χ0) is 60.3. The minimum absolute atomic E-state index is 0.0572. The molecule has 426 valence electrons. The van der Waals surface area contributed by atoms with Gasteiger partial charge < -0.3 is 60.9 Å². The lowest BCUT2D eigenvalue weighted by atomic mass is 9.80. The lowest BCUT2D eigenvalue weighted by Crippen LogP contribution is -2.29. The normalized spacial score (nSPS) is 8.50. The van der Waals surface area contributed by atoms with Crippen LogP contribution in [0.15, 0.2) is 194 Å². The second kappa shape index (κ2) is 50.9. The second-order valence-corrected chi connectivity index (χ2v) is 13.2. The number of para-hydroxylation sites is 4. The van der Waals surface area contributed by atoms with Gasteiger partial charge in [0, 0.05) is 23.5 Å².